The molecule has 0 N–H and O–H groups in total. The van der Waals surface area contributed by atoms with E-state index in [1.165, 1.54) is 0 Å². The first-order valence-corrected chi connectivity index (χ1v) is 0. The van der Waals surface area contributed by atoms with Gasteiger partial charge >= 0.3 is 0 Å². The fourth-order valence-electron chi connectivity index (χ4n) is 0. The predicted octanol–water partition coefficient (Wildman–Crippen LogP) is -1.19. The van der Waals surface area contributed by atoms with E-state index < -0.39 is 0 Å². The molecule has 0 spiro atoms. The molecule has 0 aliphatic rings. The summed E-state index contributed by atoms with van der Waals surface area (Å²) in [4.78, 5) is 0. The molecule has 0 aliphatic heterocycles. The van der Waals surface area contributed by atoms with E-state index in [1.807, 2.05) is 0 Å². The van der Waals surface area contributed by atoms with Crippen molar-refractivity contribution in [3.05, 3.63) is 0 Å². The molecule has 0 heterocycles. The van der Waals surface area contributed by atoms with E-state index in [-0.39, 0.29) is 61.3 Å². The molecule has 4 heavy (non-hydrogen) atoms. The van der Waals surface area contributed by atoms with Crippen LogP contribution < -0.4 is 0 Å². The molecule has 0 fully saturated rings. The van der Waals surface area contributed by atoms with E-state index in [4.69, 9.17) is 0 Å². The Labute approximate surface area is 61.1 Å². The van der Waals surface area contributed by atoms with Gasteiger partial charge in [-0.25, -0.2) is 0 Å². The zero-order valence-corrected chi connectivity index (χ0v) is 6.92. The summed E-state index contributed by atoms with van der Waals surface area (Å²) in [5.74, 6) is 0. The van der Waals surface area contributed by atoms with Gasteiger partial charge in [0.2, 0.25) is 0 Å². The third-order valence-electron chi connectivity index (χ3n) is 0. The Bertz CT molecular complexity index is 8.00. The van der Waals surface area contributed by atoms with Crippen LogP contribution in [0.1, 0.15) is 0 Å². The standard InChI is InChI=1S/Co.Cu.Ni.H3Si/h;;;1H3. The molecule has 0 bridgehead atoms. The van der Waals surface area contributed by atoms with Crippen LogP contribution in [-0.2, 0) is 50.3 Å². The van der Waals surface area contributed by atoms with Gasteiger partial charge in [0.25, 0.3) is 0 Å². The summed E-state index contributed by atoms with van der Waals surface area (Å²) >= 11 is 0. The van der Waals surface area contributed by atoms with Gasteiger partial charge in [-0.15, -0.1) is 0 Å². The summed E-state index contributed by atoms with van der Waals surface area (Å²) in [6.45, 7) is 0. The fraction of sp³-hybridized carbons (Fsp3) is 0. The molecule has 0 nitrogen and oxygen atoms in total. The minimum atomic E-state index is 0. The topological polar surface area (TPSA) is 0 Å². The van der Waals surface area contributed by atoms with Crippen molar-refractivity contribution in [3.63, 3.8) is 0 Å². The van der Waals surface area contributed by atoms with Crippen LogP contribution in [0, 0.1) is 0 Å². The first-order valence-electron chi connectivity index (χ1n) is 0. The SMILES string of the molecule is [Co].[Cu].[Ni].[SiH3]. The second-order valence-electron chi connectivity index (χ2n) is 0. The predicted molar refractivity (Wildman–Crippen MR) is 9.94 cm³/mol. The first-order chi connectivity index (χ1) is 0. The van der Waals surface area contributed by atoms with Crippen molar-refractivity contribution in [1.82, 2.24) is 0 Å². The molecule has 0 aromatic rings. The Morgan fingerprint density at radius 1 is 1.00 bits per heavy atom. The van der Waals surface area contributed by atoms with Gasteiger partial charge in [0.1, 0.15) is 0 Å². The summed E-state index contributed by atoms with van der Waals surface area (Å²) in [5.41, 5.74) is 0. The Kier molecular flexibility index (Phi) is 234. The molecule has 0 atom stereocenters. The fourth-order valence-corrected chi connectivity index (χ4v) is 0. The van der Waals surface area contributed by atoms with Gasteiger partial charge in [-0.05, 0) is 11.0 Å². The average Bonchev–Trinajstić information content (AvgIpc) is 0. The van der Waals surface area contributed by atoms with Crippen molar-refractivity contribution >= 4 is 11.0 Å². The molecular weight excluding hydrogens is 209 g/mol. The van der Waals surface area contributed by atoms with Crippen molar-refractivity contribution in [2.24, 2.45) is 0 Å². The normalized spacial score (nSPS) is 0. The van der Waals surface area contributed by atoms with Crippen LogP contribution in [0.4, 0.5) is 0 Å². The van der Waals surface area contributed by atoms with Gasteiger partial charge in [-0.1, -0.05) is 0 Å². The van der Waals surface area contributed by atoms with Gasteiger partial charge in [0.15, 0.2) is 0 Å². The maximum atomic E-state index is 0. The minimum absolute atomic E-state index is 0. The van der Waals surface area contributed by atoms with Crippen LogP contribution in [0.25, 0.3) is 0 Å². The molecule has 0 saturated heterocycles. The smallest absolute Gasteiger partial charge is 0 e. The van der Waals surface area contributed by atoms with Crippen molar-refractivity contribution in [3.8, 4) is 0 Å². The summed E-state index contributed by atoms with van der Waals surface area (Å²) < 4.78 is 0. The third kappa shape index (κ3) is 9.28. The molecular formula is H3CoCuNiSi. The van der Waals surface area contributed by atoms with E-state index in [1.54, 1.807) is 0 Å². The Hall–Kier alpha value is 1.74. The van der Waals surface area contributed by atoms with Crippen molar-refractivity contribution in [2.45, 2.75) is 0 Å². The molecule has 0 unspecified atom stereocenters. The van der Waals surface area contributed by atoms with Crippen LogP contribution in [0.5, 0.6) is 0 Å². The van der Waals surface area contributed by atoms with Gasteiger partial charge in [-0.3, -0.25) is 0 Å². The van der Waals surface area contributed by atoms with E-state index in [0.717, 1.165) is 0 Å². The Morgan fingerprint density at radius 2 is 1.00 bits per heavy atom. The van der Waals surface area contributed by atoms with Crippen LogP contribution in [0.3, 0.4) is 0 Å². The van der Waals surface area contributed by atoms with E-state index >= 15 is 0 Å². The number of rotatable bonds is 0. The summed E-state index contributed by atoms with van der Waals surface area (Å²) in [6.07, 6.45) is 0. The van der Waals surface area contributed by atoms with Crippen LogP contribution in [-0.4, -0.2) is 11.0 Å². The minimum Gasteiger partial charge on any atom is -0.0125 e. The molecule has 0 saturated carbocycles. The van der Waals surface area contributed by atoms with Gasteiger partial charge in [0, 0.05) is 50.3 Å². The summed E-state index contributed by atoms with van der Waals surface area (Å²) in [5, 5.41) is 0. The molecule has 0 aromatic carbocycles. The summed E-state index contributed by atoms with van der Waals surface area (Å²) in [6, 6.07) is 0. The quantitative estimate of drug-likeness (QED) is 0.443. The van der Waals surface area contributed by atoms with Crippen molar-refractivity contribution in [2.75, 3.05) is 0 Å². The zero-order chi connectivity index (χ0) is 0. The maximum Gasteiger partial charge on any atom is 0 e. The Morgan fingerprint density at radius 3 is 1.00 bits per heavy atom. The van der Waals surface area contributed by atoms with E-state index in [2.05, 4.69) is 0 Å². The van der Waals surface area contributed by atoms with Crippen LogP contribution in [0.15, 0.2) is 0 Å². The summed E-state index contributed by atoms with van der Waals surface area (Å²) in [7, 11) is 0. The molecule has 37 valence electrons. The molecule has 0 amide bonds. The molecule has 0 aromatic heterocycles. The second kappa shape index (κ2) is 21.9. The van der Waals surface area contributed by atoms with Gasteiger partial charge in [0.05, 0.1) is 0 Å². The number of hydrogen-bond donors (Lipinski definition) is 0. The second-order valence-corrected chi connectivity index (χ2v) is 0. The van der Waals surface area contributed by atoms with Gasteiger partial charge in [-0.2, -0.15) is 0 Å². The number of hydrogen-bond acceptors (Lipinski definition) is 0. The average molecular weight is 212 g/mol. The monoisotopic (exact) mass is 211 g/mol. The first kappa shape index (κ1) is 42.7. The van der Waals surface area contributed by atoms with Crippen molar-refractivity contribution < 1.29 is 50.3 Å². The molecule has 3 radical (unpaired) electrons. The molecule has 0 rings (SSSR count). The zero-order valence-electron chi connectivity index (χ0n) is 1.95. The molecule has 4 heteroatoms. The van der Waals surface area contributed by atoms with Crippen LogP contribution in [0.2, 0.25) is 0 Å². The largest absolute Gasteiger partial charge is 0.0125 e. The maximum absolute atomic E-state index is 0. The third-order valence-corrected chi connectivity index (χ3v) is 0. The van der Waals surface area contributed by atoms with E-state index in [0.29, 0.717) is 0 Å². The van der Waals surface area contributed by atoms with Crippen LogP contribution >= 0.6 is 0 Å². The van der Waals surface area contributed by atoms with Crippen molar-refractivity contribution in [1.29, 1.82) is 0 Å². The Balaban J connectivity index is 0. The van der Waals surface area contributed by atoms with E-state index in [9.17, 15) is 0 Å². The van der Waals surface area contributed by atoms with Gasteiger partial charge < -0.3 is 0 Å². The molecule has 0 aliphatic carbocycles.